The largest absolute Gasteiger partial charge is 0.324 e. The van der Waals surface area contributed by atoms with Crippen molar-refractivity contribution < 1.29 is 14.4 Å². The zero-order valence-corrected chi connectivity index (χ0v) is 22.2. The molecule has 5 nitrogen and oxygen atoms in total. The maximum atomic E-state index is 14.3. The number of nitrogens with zero attached hydrogens (tertiary/aromatic N) is 1. The molecule has 1 fully saturated rings. The van der Waals surface area contributed by atoms with Crippen molar-refractivity contribution in [3.05, 3.63) is 101 Å². The van der Waals surface area contributed by atoms with Crippen molar-refractivity contribution in [3.8, 4) is 0 Å². The standard InChI is InChI=1S/C30H26Cl2N2O3/c1-16(2)25(26(35)33-22-15-9-4-10-17(22)3)34-27(36)23-24(28(34)37)30(32)19-12-6-5-11-18(19)29(23,31)20-13-7-8-14-21(20)30/h4-16,23-25H,1-3H3,(H,33,35)/t23-,24-,25+,29?,30?/m1/s1. The lowest BCUT2D eigenvalue weighted by atomic mass is 9.54. The zero-order chi connectivity index (χ0) is 26.3. The molecule has 188 valence electrons. The first kappa shape index (κ1) is 24.2. The van der Waals surface area contributed by atoms with E-state index in [2.05, 4.69) is 5.32 Å². The summed E-state index contributed by atoms with van der Waals surface area (Å²) in [6.45, 7) is 5.55. The van der Waals surface area contributed by atoms with Crippen molar-refractivity contribution in [2.45, 2.75) is 36.6 Å². The molecule has 1 aliphatic heterocycles. The number of hydrogen-bond acceptors (Lipinski definition) is 3. The highest BCUT2D eigenvalue weighted by molar-refractivity contribution is 6.36. The van der Waals surface area contributed by atoms with Crippen LogP contribution in [-0.4, -0.2) is 28.7 Å². The van der Waals surface area contributed by atoms with Gasteiger partial charge in [0.2, 0.25) is 17.7 Å². The molecular formula is C30H26Cl2N2O3. The minimum Gasteiger partial charge on any atom is -0.324 e. The summed E-state index contributed by atoms with van der Waals surface area (Å²) in [6, 6.07) is 21.4. The Morgan fingerprint density at radius 2 is 1.19 bits per heavy atom. The average molecular weight is 533 g/mol. The summed E-state index contributed by atoms with van der Waals surface area (Å²) in [5.41, 5.74) is 4.46. The third-order valence-electron chi connectivity index (χ3n) is 8.20. The number of para-hydroxylation sites is 1. The number of rotatable bonds is 4. The fourth-order valence-electron chi connectivity index (χ4n) is 6.60. The molecule has 0 radical (unpaired) electrons. The van der Waals surface area contributed by atoms with Gasteiger partial charge in [-0.15, -0.1) is 23.2 Å². The number of halogens is 2. The summed E-state index contributed by atoms with van der Waals surface area (Å²) in [5, 5.41) is 2.93. The third-order valence-corrected chi connectivity index (χ3v) is 9.49. The molecular weight excluding hydrogens is 507 g/mol. The Morgan fingerprint density at radius 3 is 1.59 bits per heavy atom. The number of alkyl halides is 2. The van der Waals surface area contributed by atoms with E-state index in [1.165, 1.54) is 0 Å². The Bertz CT molecular complexity index is 1360. The molecule has 2 bridgehead atoms. The lowest BCUT2D eigenvalue weighted by molar-refractivity contribution is -0.148. The van der Waals surface area contributed by atoms with E-state index in [9.17, 15) is 14.4 Å². The van der Waals surface area contributed by atoms with Crippen LogP contribution in [0.2, 0.25) is 0 Å². The second-order valence-corrected chi connectivity index (χ2v) is 11.7. The van der Waals surface area contributed by atoms with Crippen LogP contribution in [0, 0.1) is 24.7 Å². The first-order chi connectivity index (χ1) is 17.6. The summed E-state index contributed by atoms with van der Waals surface area (Å²) in [6.07, 6.45) is 0. The van der Waals surface area contributed by atoms with Crippen molar-refractivity contribution in [2.75, 3.05) is 5.32 Å². The summed E-state index contributed by atoms with van der Waals surface area (Å²) < 4.78 is 0. The number of carbonyl (C=O) groups excluding carboxylic acids is 3. The van der Waals surface area contributed by atoms with Gasteiger partial charge in [-0.1, -0.05) is 80.6 Å². The van der Waals surface area contributed by atoms with E-state index in [1.54, 1.807) is 6.07 Å². The molecule has 3 aromatic carbocycles. The number of carbonyl (C=O) groups is 3. The molecule has 3 amide bonds. The van der Waals surface area contributed by atoms with Crippen molar-refractivity contribution in [2.24, 2.45) is 17.8 Å². The number of aryl methyl sites for hydroxylation is 1. The van der Waals surface area contributed by atoms with E-state index in [0.717, 1.165) is 32.7 Å². The van der Waals surface area contributed by atoms with E-state index in [0.29, 0.717) is 5.69 Å². The molecule has 1 heterocycles. The van der Waals surface area contributed by atoms with Crippen LogP contribution < -0.4 is 5.32 Å². The SMILES string of the molecule is Cc1ccccc1NC(=O)[C@H](C(C)C)N1C(=O)[C@H]2[C@H](C1=O)C1(Cl)c3ccccc3C2(Cl)c2ccccc21. The Hall–Kier alpha value is -3.15. The molecule has 0 unspecified atom stereocenters. The van der Waals surface area contributed by atoms with Crippen LogP contribution in [0.3, 0.4) is 0 Å². The minimum atomic E-state index is -1.27. The van der Waals surface area contributed by atoms with Gasteiger partial charge in [-0.3, -0.25) is 19.3 Å². The van der Waals surface area contributed by atoms with Gasteiger partial charge in [0.15, 0.2) is 0 Å². The smallest absolute Gasteiger partial charge is 0.247 e. The van der Waals surface area contributed by atoms with Crippen molar-refractivity contribution in [3.63, 3.8) is 0 Å². The normalized spacial score (nSPS) is 28.1. The molecule has 3 aliphatic carbocycles. The maximum Gasteiger partial charge on any atom is 0.247 e. The highest BCUT2D eigenvalue weighted by Crippen LogP contribution is 2.69. The highest BCUT2D eigenvalue weighted by atomic mass is 35.5. The summed E-state index contributed by atoms with van der Waals surface area (Å²) in [7, 11) is 0. The van der Waals surface area contributed by atoms with E-state index in [4.69, 9.17) is 23.2 Å². The Morgan fingerprint density at radius 1 is 0.784 bits per heavy atom. The van der Waals surface area contributed by atoms with Crippen LogP contribution in [-0.2, 0) is 24.1 Å². The van der Waals surface area contributed by atoms with Gasteiger partial charge in [0, 0.05) is 5.69 Å². The molecule has 7 rings (SSSR count). The molecule has 1 saturated heterocycles. The molecule has 37 heavy (non-hydrogen) atoms. The van der Waals surface area contributed by atoms with E-state index in [-0.39, 0.29) is 5.92 Å². The third kappa shape index (κ3) is 3.01. The van der Waals surface area contributed by atoms with Gasteiger partial charge >= 0.3 is 0 Å². The minimum absolute atomic E-state index is 0.336. The second-order valence-electron chi connectivity index (χ2n) is 10.5. The molecule has 4 aliphatic rings. The molecule has 0 aromatic heterocycles. The monoisotopic (exact) mass is 532 g/mol. The van der Waals surface area contributed by atoms with Gasteiger partial charge in [0.1, 0.15) is 15.8 Å². The first-order valence-corrected chi connectivity index (χ1v) is 13.2. The van der Waals surface area contributed by atoms with E-state index >= 15 is 0 Å². The Balaban J connectivity index is 1.50. The van der Waals surface area contributed by atoms with Crippen molar-refractivity contribution in [1.82, 2.24) is 4.90 Å². The van der Waals surface area contributed by atoms with E-state index in [1.807, 2.05) is 87.5 Å². The zero-order valence-electron chi connectivity index (χ0n) is 20.7. The predicted molar refractivity (Wildman–Crippen MR) is 143 cm³/mol. The Labute approximate surface area is 225 Å². The average Bonchev–Trinajstić information content (AvgIpc) is 3.15. The number of anilines is 1. The summed E-state index contributed by atoms with van der Waals surface area (Å²) >= 11 is 15.0. The number of likely N-dealkylation sites (tertiary alicyclic amines) is 1. The van der Waals surface area contributed by atoms with Crippen LogP contribution in [0.25, 0.3) is 0 Å². The number of hydrogen-bond donors (Lipinski definition) is 1. The fraction of sp³-hybridized carbons (Fsp3) is 0.300. The van der Waals surface area contributed by atoms with E-state index < -0.39 is 45.3 Å². The van der Waals surface area contributed by atoms with Crippen LogP contribution in [0.1, 0.15) is 41.7 Å². The maximum absolute atomic E-state index is 14.3. The molecule has 0 spiro atoms. The quantitative estimate of drug-likeness (QED) is 0.353. The summed E-state index contributed by atoms with van der Waals surface area (Å²) in [4.78, 5) is 40.8. The number of benzene rings is 3. The van der Waals surface area contributed by atoms with Crippen LogP contribution in [0.5, 0.6) is 0 Å². The second kappa shape index (κ2) is 8.17. The molecule has 3 aromatic rings. The van der Waals surface area contributed by atoms with Gasteiger partial charge in [0.25, 0.3) is 0 Å². The van der Waals surface area contributed by atoms with Crippen molar-refractivity contribution >= 4 is 46.6 Å². The number of imide groups is 1. The lowest BCUT2D eigenvalue weighted by Crippen LogP contribution is -2.57. The van der Waals surface area contributed by atoms with Gasteiger partial charge in [0.05, 0.1) is 11.8 Å². The topological polar surface area (TPSA) is 66.5 Å². The van der Waals surface area contributed by atoms with Gasteiger partial charge < -0.3 is 5.32 Å². The van der Waals surface area contributed by atoms with Crippen LogP contribution in [0.15, 0.2) is 72.8 Å². The van der Waals surface area contributed by atoms with Gasteiger partial charge in [-0.05, 0) is 46.7 Å². The van der Waals surface area contributed by atoms with Crippen LogP contribution in [0.4, 0.5) is 5.69 Å². The molecule has 3 atom stereocenters. The molecule has 1 N–H and O–H groups in total. The van der Waals surface area contributed by atoms with Crippen LogP contribution >= 0.6 is 23.2 Å². The lowest BCUT2D eigenvalue weighted by Gasteiger charge is -2.54. The summed E-state index contributed by atoms with van der Waals surface area (Å²) in [5.74, 6) is -3.54. The number of nitrogens with one attached hydrogen (secondary N) is 1. The highest BCUT2D eigenvalue weighted by Gasteiger charge is 2.73. The molecule has 7 heteroatoms. The Kier molecular flexibility index (Phi) is 5.35. The van der Waals surface area contributed by atoms with Gasteiger partial charge in [-0.25, -0.2) is 0 Å². The fourth-order valence-corrected chi connectivity index (χ4v) is 7.70. The predicted octanol–water partition coefficient (Wildman–Crippen LogP) is 5.55. The van der Waals surface area contributed by atoms with Crippen molar-refractivity contribution in [1.29, 1.82) is 0 Å². The van der Waals surface area contributed by atoms with Gasteiger partial charge in [-0.2, -0.15) is 0 Å². The first-order valence-electron chi connectivity index (χ1n) is 12.4. The molecule has 0 saturated carbocycles. The number of amides is 3.